The van der Waals surface area contributed by atoms with Gasteiger partial charge in [0.15, 0.2) is 0 Å². The van der Waals surface area contributed by atoms with Crippen LogP contribution in [0.5, 0.6) is 0 Å². The number of hydrogen-bond acceptors (Lipinski definition) is 6. The lowest BCUT2D eigenvalue weighted by molar-refractivity contribution is -0.153. The lowest BCUT2D eigenvalue weighted by Gasteiger charge is -2.39. The Bertz CT molecular complexity index is 1090. The van der Waals surface area contributed by atoms with E-state index in [2.05, 4.69) is 0 Å². The molecule has 0 bridgehead atoms. The number of likely N-dealkylation sites (tertiary alicyclic amines) is 1. The Kier molecular flexibility index (Phi) is 5.81. The Morgan fingerprint density at radius 3 is 2.56 bits per heavy atom. The summed E-state index contributed by atoms with van der Waals surface area (Å²) in [7, 11) is 0. The summed E-state index contributed by atoms with van der Waals surface area (Å²) in [6.45, 7) is 4.04. The summed E-state index contributed by atoms with van der Waals surface area (Å²) in [5.41, 5.74) is 0.673. The van der Waals surface area contributed by atoms with E-state index in [-0.39, 0.29) is 25.0 Å². The summed E-state index contributed by atoms with van der Waals surface area (Å²) in [5, 5.41) is 10.7. The fourth-order valence-corrected chi connectivity index (χ4v) is 8.22. The molecule has 1 spiro atoms. The predicted octanol–water partition coefficient (Wildman–Crippen LogP) is 2.81. The van der Waals surface area contributed by atoms with Gasteiger partial charge in [0.05, 0.1) is 29.2 Å². The predicted molar refractivity (Wildman–Crippen MR) is 131 cm³/mol. The van der Waals surface area contributed by atoms with Gasteiger partial charge in [0.1, 0.15) is 12.6 Å². The van der Waals surface area contributed by atoms with Crippen LogP contribution in [0.4, 0.5) is 5.69 Å². The fourth-order valence-electron chi connectivity index (χ4n) is 5.95. The lowest BCUT2D eigenvalue weighted by Crippen LogP contribution is -2.56. The molecule has 2 fully saturated rings. The number of fused-ring (bicyclic) bond motifs is 2. The van der Waals surface area contributed by atoms with Gasteiger partial charge >= 0.3 is 5.97 Å². The van der Waals surface area contributed by atoms with Crippen LogP contribution in [0.25, 0.3) is 0 Å². The maximum absolute atomic E-state index is 14.2. The van der Waals surface area contributed by atoms with Crippen molar-refractivity contribution in [2.45, 2.75) is 41.8 Å². The minimum Gasteiger partial charge on any atom is -0.461 e. The number of carbonyl (C=O) groups excluding carboxylic acids is 3. The molecular weight excluding hydrogens is 476 g/mol. The Labute approximate surface area is 207 Å². The standard InChI is InChI=1S/C25H27ClN2O5S/c1-3-16(14-29)28-20-22(31)27(17-8-6-15(26)7-9-17)12-4-11-25(20)18(21(28)30)19-23(32)33-13-5-10-24(19,2)34-25/h4-11,16,18-20,29H,3,12-14H2,1-2H3/t16-,18-,19-,20?,24+,25-/m0/s1. The zero-order valence-corrected chi connectivity index (χ0v) is 20.6. The quantitative estimate of drug-likeness (QED) is 0.503. The first-order valence-electron chi connectivity index (χ1n) is 11.5. The summed E-state index contributed by atoms with van der Waals surface area (Å²) in [5.74, 6) is -2.44. The van der Waals surface area contributed by atoms with Crippen LogP contribution < -0.4 is 4.90 Å². The summed E-state index contributed by atoms with van der Waals surface area (Å²) in [6.07, 6.45) is 8.09. The Morgan fingerprint density at radius 1 is 1.15 bits per heavy atom. The van der Waals surface area contributed by atoms with Crippen molar-refractivity contribution in [3.63, 3.8) is 0 Å². The second kappa shape index (κ2) is 8.43. The molecule has 1 N–H and O–H groups in total. The third-order valence-corrected chi connectivity index (χ3v) is 9.51. The van der Waals surface area contributed by atoms with E-state index in [1.165, 1.54) is 11.8 Å². The minimum atomic E-state index is -0.960. The molecule has 1 aromatic carbocycles. The first kappa shape index (κ1) is 23.5. The maximum atomic E-state index is 14.2. The lowest BCUT2D eigenvalue weighted by atomic mass is 9.75. The number of esters is 1. The highest BCUT2D eigenvalue weighted by atomic mass is 35.5. The van der Waals surface area contributed by atoms with Crippen LogP contribution in [-0.2, 0) is 19.1 Å². The number of rotatable bonds is 4. The minimum absolute atomic E-state index is 0.167. The van der Waals surface area contributed by atoms with Crippen LogP contribution in [0.15, 0.2) is 48.6 Å². The molecule has 34 heavy (non-hydrogen) atoms. The number of hydrogen-bond donors (Lipinski definition) is 1. The van der Waals surface area contributed by atoms with Gasteiger partial charge in [-0.3, -0.25) is 14.4 Å². The molecule has 2 amide bonds. The van der Waals surface area contributed by atoms with Gasteiger partial charge in [0.2, 0.25) is 5.91 Å². The maximum Gasteiger partial charge on any atom is 0.311 e. The number of carbonyl (C=O) groups is 3. The van der Waals surface area contributed by atoms with Gasteiger partial charge in [-0.1, -0.05) is 36.8 Å². The molecule has 6 atom stereocenters. The second-order valence-electron chi connectivity index (χ2n) is 9.35. The molecule has 9 heteroatoms. The smallest absolute Gasteiger partial charge is 0.311 e. The van der Waals surface area contributed by atoms with Crippen molar-refractivity contribution in [1.29, 1.82) is 0 Å². The van der Waals surface area contributed by atoms with E-state index < -0.39 is 39.4 Å². The topological polar surface area (TPSA) is 87.2 Å². The van der Waals surface area contributed by atoms with E-state index >= 15 is 0 Å². The number of thioether (sulfide) groups is 1. The molecule has 0 aliphatic carbocycles. The molecule has 1 aromatic rings. The van der Waals surface area contributed by atoms with E-state index in [0.717, 1.165) is 0 Å². The van der Waals surface area contributed by atoms with Gasteiger partial charge in [-0.05, 0) is 43.7 Å². The number of aliphatic hydroxyl groups excluding tert-OH is 1. The van der Waals surface area contributed by atoms with E-state index in [0.29, 0.717) is 23.7 Å². The average molecular weight is 503 g/mol. The summed E-state index contributed by atoms with van der Waals surface area (Å²) >= 11 is 7.55. The molecule has 0 aromatic heterocycles. The van der Waals surface area contributed by atoms with E-state index in [4.69, 9.17) is 16.3 Å². The third-order valence-electron chi connectivity index (χ3n) is 7.46. The summed E-state index contributed by atoms with van der Waals surface area (Å²) in [4.78, 5) is 44.6. The third kappa shape index (κ3) is 3.26. The zero-order valence-electron chi connectivity index (χ0n) is 19.0. The number of amides is 2. The van der Waals surface area contributed by atoms with Gasteiger partial charge in [-0.2, -0.15) is 0 Å². The largest absolute Gasteiger partial charge is 0.461 e. The fraction of sp³-hybridized carbons (Fsp3) is 0.480. The van der Waals surface area contributed by atoms with Gasteiger partial charge in [-0.25, -0.2) is 0 Å². The van der Waals surface area contributed by atoms with Crippen molar-refractivity contribution >= 4 is 46.8 Å². The molecule has 7 nitrogen and oxygen atoms in total. The molecule has 0 saturated carbocycles. The number of cyclic esters (lactones) is 1. The van der Waals surface area contributed by atoms with Crippen LogP contribution in [0, 0.1) is 11.8 Å². The van der Waals surface area contributed by atoms with Gasteiger partial charge in [0, 0.05) is 22.0 Å². The van der Waals surface area contributed by atoms with E-state index in [9.17, 15) is 19.5 Å². The van der Waals surface area contributed by atoms with Crippen LogP contribution in [-0.4, -0.2) is 69.1 Å². The molecule has 4 heterocycles. The Balaban J connectivity index is 1.68. The molecule has 1 unspecified atom stereocenters. The molecular formula is C25H27ClN2O5S. The van der Waals surface area contributed by atoms with E-state index in [1.54, 1.807) is 34.1 Å². The Hall–Kier alpha value is -2.29. The van der Waals surface area contributed by atoms with E-state index in [1.807, 2.05) is 38.2 Å². The number of aliphatic hydroxyl groups is 1. The highest BCUT2D eigenvalue weighted by Crippen LogP contribution is 2.65. The SMILES string of the molecule is CC[C@@H](CO)N1C(=O)[C@@H]2[C@H]3C(=O)OCC=C[C@@]3(C)S[C@@]23C=CCN(c2ccc(Cl)cc2)C(=O)C13. The number of halogens is 1. The number of nitrogens with zero attached hydrogens (tertiary/aromatic N) is 2. The van der Waals surface area contributed by atoms with Crippen molar-refractivity contribution in [2.24, 2.45) is 11.8 Å². The highest BCUT2D eigenvalue weighted by molar-refractivity contribution is 8.02. The highest BCUT2D eigenvalue weighted by Gasteiger charge is 2.74. The monoisotopic (exact) mass is 502 g/mol. The van der Waals surface area contributed by atoms with Crippen LogP contribution in [0.3, 0.4) is 0 Å². The molecule has 0 radical (unpaired) electrons. The normalized spacial score (nSPS) is 35.4. The van der Waals surface area contributed by atoms with Crippen LogP contribution in [0.1, 0.15) is 20.3 Å². The van der Waals surface area contributed by atoms with Crippen molar-refractivity contribution < 1.29 is 24.2 Å². The van der Waals surface area contributed by atoms with Crippen LogP contribution >= 0.6 is 23.4 Å². The number of anilines is 1. The summed E-state index contributed by atoms with van der Waals surface area (Å²) in [6, 6.07) is 5.60. The molecule has 5 rings (SSSR count). The first-order chi connectivity index (χ1) is 16.3. The molecule has 180 valence electrons. The van der Waals surface area contributed by atoms with Crippen molar-refractivity contribution in [1.82, 2.24) is 4.90 Å². The van der Waals surface area contributed by atoms with Crippen molar-refractivity contribution in [3.05, 3.63) is 53.6 Å². The average Bonchev–Trinajstić information content (AvgIpc) is 3.07. The van der Waals surface area contributed by atoms with Gasteiger partial charge in [0.25, 0.3) is 5.91 Å². The number of ether oxygens (including phenoxy) is 1. The summed E-state index contributed by atoms with van der Waals surface area (Å²) < 4.78 is 3.78. The number of benzene rings is 1. The van der Waals surface area contributed by atoms with Crippen LogP contribution in [0.2, 0.25) is 5.02 Å². The zero-order chi connectivity index (χ0) is 24.3. The van der Waals surface area contributed by atoms with Gasteiger partial charge in [-0.15, -0.1) is 11.8 Å². The second-order valence-corrected chi connectivity index (χ2v) is 11.6. The van der Waals surface area contributed by atoms with Crippen molar-refractivity contribution in [3.8, 4) is 0 Å². The molecule has 2 saturated heterocycles. The Morgan fingerprint density at radius 2 is 1.88 bits per heavy atom. The molecule has 4 aliphatic rings. The first-order valence-corrected chi connectivity index (χ1v) is 12.7. The van der Waals surface area contributed by atoms with Crippen molar-refractivity contribution in [2.75, 3.05) is 24.7 Å². The molecule has 4 aliphatic heterocycles. The van der Waals surface area contributed by atoms with Gasteiger partial charge < -0.3 is 19.6 Å².